The van der Waals surface area contributed by atoms with Crippen LogP contribution in [0.15, 0.2) is 52.0 Å². The second-order valence-corrected chi connectivity index (χ2v) is 7.94. The molecule has 0 unspecified atom stereocenters. The number of hydrogen-bond acceptors (Lipinski definition) is 9. The van der Waals surface area contributed by atoms with Gasteiger partial charge in [-0.05, 0) is 42.5 Å². The summed E-state index contributed by atoms with van der Waals surface area (Å²) in [5.41, 5.74) is 4.15. The van der Waals surface area contributed by atoms with E-state index in [0.717, 1.165) is 10.2 Å². The van der Waals surface area contributed by atoms with E-state index in [-0.39, 0.29) is 11.7 Å². The van der Waals surface area contributed by atoms with Gasteiger partial charge in [-0.1, -0.05) is 27.5 Å². The molecule has 3 N–H and O–H groups in total. The van der Waals surface area contributed by atoms with Crippen LogP contribution in [-0.4, -0.2) is 52.6 Å². The van der Waals surface area contributed by atoms with Gasteiger partial charge in [0.25, 0.3) is 0 Å². The third-order valence-electron chi connectivity index (χ3n) is 4.38. The number of hydrogen-bond donors (Lipinski definition) is 3. The van der Waals surface area contributed by atoms with Gasteiger partial charge in [0.05, 0.1) is 19.4 Å². The average Bonchev–Trinajstić information content (AvgIpc) is 2.78. The molecule has 11 heteroatoms. The van der Waals surface area contributed by atoms with Gasteiger partial charge in [0.1, 0.15) is 5.75 Å². The minimum absolute atomic E-state index is 0.114. The number of ether oxygens (including phenoxy) is 1. The fourth-order valence-corrected chi connectivity index (χ4v) is 3.33. The van der Waals surface area contributed by atoms with E-state index >= 15 is 0 Å². The molecule has 2 aromatic carbocycles. The Hall–Kier alpha value is -2.95. The van der Waals surface area contributed by atoms with E-state index in [0.29, 0.717) is 48.8 Å². The van der Waals surface area contributed by atoms with Crippen LogP contribution in [0.5, 0.6) is 5.75 Å². The minimum atomic E-state index is 0.114. The van der Waals surface area contributed by atoms with Gasteiger partial charge in [-0.25, -0.2) is 5.43 Å². The van der Waals surface area contributed by atoms with Gasteiger partial charge >= 0.3 is 0 Å². The number of nitrogens with one attached hydrogen (secondary N) is 2. The number of benzene rings is 2. The quantitative estimate of drug-likeness (QED) is 0.341. The lowest BCUT2D eigenvalue weighted by molar-refractivity contribution is 0.122. The van der Waals surface area contributed by atoms with Crippen molar-refractivity contribution in [2.75, 3.05) is 41.9 Å². The van der Waals surface area contributed by atoms with Crippen LogP contribution in [0.3, 0.4) is 0 Å². The van der Waals surface area contributed by atoms with Crippen molar-refractivity contribution in [3.8, 4) is 5.75 Å². The molecule has 4 rings (SSSR count). The SMILES string of the molecule is Oc1ccc(Br)cc1/C=N\Nc1nc(Nc2ccc(Cl)cc2)nc(N2CCOCC2)n1. The highest BCUT2D eigenvalue weighted by Crippen LogP contribution is 2.22. The van der Waals surface area contributed by atoms with Crippen molar-refractivity contribution < 1.29 is 9.84 Å². The Morgan fingerprint density at radius 2 is 1.81 bits per heavy atom. The van der Waals surface area contributed by atoms with Crippen molar-refractivity contribution in [2.24, 2.45) is 5.10 Å². The molecule has 31 heavy (non-hydrogen) atoms. The lowest BCUT2D eigenvalue weighted by Gasteiger charge is -2.27. The zero-order valence-electron chi connectivity index (χ0n) is 16.3. The van der Waals surface area contributed by atoms with Gasteiger partial charge in [0.2, 0.25) is 17.8 Å². The Labute approximate surface area is 192 Å². The molecule has 2 heterocycles. The van der Waals surface area contributed by atoms with Crippen molar-refractivity contribution in [1.82, 2.24) is 15.0 Å². The number of hydrazone groups is 1. The monoisotopic (exact) mass is 503 g/mol. The van der Waals surface area contributed by atoms with E-state index in [9.17, 15) is 5.11 Å². The zero-order chi connectivity index (χ0) is 21.6. The molecule has 1 aromatic heterocycles. The second kappa shape index (κ2) is 9.90. The van der Waals surface area contributed by atoms with Crippen LogP contribution in [0.1, 0.15) is 5.56 Å². The first-order chi connectivity index (χ1) is 15.1. The van der Waals surface area contributed by atoms with Crippen LogP contribution in [0.25, 0.3) is 0 Å². The Bertz CT molecular complexity index is 1080. The van der Waals surface area contributed by atoms with Crippen LogP contribution in [0, 0.1) is 0 Å². The molecule has 0 spiro atoms. The molecule has 0 radical (unpaired) electrons. The third kappa shape index (κ3) is 5.81. The molecular weight excluding hydrogens is 486 g/mol. The zero-order valence-corrected chi connectivity index (χ0v) is 18.6. The molecule has 0 aliphatic carbocycles. The number of aromatic nitrogens is 3. The topological polar surface area (TPSA) is 108 Å². The fourth-order valence-electron chi connectivity index (χ4n) is 2.83. The van der Waals surface area contributed by atoms with Gasteiger partial charge in [-0.15, -0.1) is 0 Å². The van der Waals surface area contributed by atoms with E-state index in [1.165, 1.54) is 6.21 Å². The molecule has 0 saturated carbocycles. The number of phenols is 1. The smallest absolute Gasteiger partial charge is 0.250 e. The molecule has 3 aromatic rings. The van der Waals surface area contributed by atoms with E-state index in [2.05, 4.69) is 46.7 Å². The summed E-state index contributed by atoms with van der Waals surface area (Å²) >= 11 is 9.33. The normalized spacial score (nSPS) is 14.1. The number of rotatable bonds is 6. The molecule has 1 fully saturated rings. The van der Waals surface area contributed by atoms with Gasteiger partial charge in [0, 0.05) is 33.8 Å². The van der Waals surface area contributed by atoms with Crippen LogP contribution in [-0.2, 0) is 4.74 Å². The van der Waals surface area contributed by atoms with Gasteiger partial charge in [-0.3, -0.25) is 0 Å². The average molecular weight is 505 g/mol. The van der Waals surface area contributed by atoms with Crippen molar-refractivity contribution >= 4 is 57.3 Å². The maximum atomic E-state index is 9.96. The molecule has 1 aliphatic rings. The maximum Gasteiger partial charge on any atom is 0.250 e. The summed E-state index contributed by atoms with van der Waals surface area (Å²) in [6.07, 6.45) is 1.49. The largest absolute Gasteiger partial charge is 0.507 e. The van der Waals surface area contributed by atoms with E-state index in [1.807, 2.05) is 17.0 Å². The highest BCUT2D eigenvalue weighted by atomic mass is 79.9. The van der Waals surface area contributed by atoms with E-state index < -0.39 is 0 Å². The summed E-state index contributed by atoms with van der Waals surface area (Å²) in [5.74, 6) is 1.25. The Balaban J connectivity index is 1.58. The first kappa shape index (κ1) is 21.3. The van der Waals surface area contributed by atoms with Crippen molar-refractivity contribution in [3.63, 3.8) is 0 Å². The maximum absolute atomic E-state index is 9.96. The molecule has 0 atom stereocenters. The fraction of sp³-hybridized carbons (Fsp3) is 0.200. The molecule has 9 nitrogen and oxygen atoms in total. The number of halogens is 2. The number of anilines is 4. The van der Waals surface area contributed by atoms with Crippen LogP contribution in [0.4, 0.5) is 23.5 Å². The first-order valence-electron chi connectivity index (χ1n) is 9.46. The van der Waals surface area contributed by atoms with Crippen LogP contribution < -0.4 is 15.6 Å². The second-order valence-electron chi connectivity index (χ2n) is 6.59. The van der Waals surface area contributed by atoms with Crippen LogP contribution in [0.2, 0.25) is 5.02 Å². The predicted octanol–water partition coefficient (Wildman–Crippen LogP) is 4.02. The summed E-state index contributed by atoms with van der Waals surface area (Å²) in [4.78, 5) is 15.4. The number of nitrogens with zero attached hydrogens (tertiary/aromatic N) is 5. The molecule has 0 bridgehead atoms. The summed E-state index contributed by atoms with van der Waals surface area (Å²) in [7, 11) is 0. The van der Waals surface area contributed by atoms with Crippen molar-refractivity contribution in [3.05, 3.63) is 57.5 Å². The summed E-state index contributed by atoms with van der Waals surface area (Å²) in [6.45, 7) is 2.57. The molecule has 1 aliphatic heterocycles. The van der Waals surface area contributed by atoms with Gasteiger partial charge in [0.15, 0.2) is 0 Å². The van der Waals surface area contributed by atoms with Crippen molar-refractivity contribution in [1.29, 1.82) is 0 Å². The third-order valence-corrected chi connectivity index (χ3v) is 5.12. The molecule has 0 amide bonds. The van der Waals surface area contributed by atoms with E-state index in [4.69, 9.17) is 16.3 Å². The summed E-state index contributed by atoms with van der Waals surface area (Å²) in [5, 5.41) is 17.9. The molecule has 160 valence electrons. The lowest BCUT2D eigenvalue weighted by atomic mass is 10.2. The number of aromatic hydroxyl groups is 1. The van der Waals surface area contributed by atoms with Gasteiger partial charge < -0.3 is 20.1 Å². The summed E-state index contributed by atoms with van der Waals surface area (Å²) in [6, 6.07) is 12.3. The Morgan fingerprint density at radius 3 is 2.58 bits per heavy atom. The molecular formula is C20H19BrClN7O2. The highest BCUT2D eigenvalue weighted by molar-refractivity contribution is 9.10. The number of morpholine rings is 1. The van der Waals surface area contributed by atoms with Gasteiger partial charge in [-0.2, -0.15) is 20.1 Å². The van der Waals surface area contributed by atoms with Crippen LogP contribution >= 0.6 is 27.5 Å². The Morgan fingerprint density at radius 1 is 1.06 bits per heavy atom. The Kier molecular flexibility index (Phi) is 6.80. The first-order valence-corrected chi connectivity index (χ1v) is 10.6. The predicted molar refractivity (Wildman–Crippen MR) is 125 cm³/mol. The minimum Gasteiger partial charge on any atom is -0.507 e. The highest BCUT2D eigenvalue weighted by Gasteiger charge is 2.16. The van der Waals surface area contributed by atoms with E-state index in [1.54, 1.807) is 30.3 Å². The standard InChI is InChI=1S/C20H19BrClN7O2/c21-14-1-6-17(30)13(11-14)12-23-28-19-25-18(24-16-4-2-15(22)3-5-16)26-20(27-19)29-7-9-31-10-8-29/h1-6,11-12,30H,7-10H2,(H2,24,25,26,27,28)/b23-12-. The lowest BCUT2D eigenvalue weighted by Crippen LogP contribution is -2.37. The summed E-state index contributed by atoms with van der Waals surface area (Å²) < 4.78 is 6.25. The number of phenolic OH excluding ortho intramolecular Hbond substituents is 1. The molecule has 1 saturated heterocycles. The van der Waals surface area contributed by atoms with Crippen molar-refractivity contribution in [2.45, 2.75) is 0 Å².